The molecule has 1 saturated heterocycles. The molecule has 1 aliphatic heterocycles. The number of carbonyl (C=O) groups excluding carboxylic acids is 1. The van der Waals surface area contributed by atoms with Gasteiger partial charge in [-0.25, -0.2) is 0 Å². The minimum Gasteiger partial charge on any atom is -0.389 e. The monoisotopic (exact) mass is 260 g/mol. The summed E-state index contributed by atoms with van der Waals surface area (Å²) in [5.74, 6) is -0.448. The standard InChI is InChI=1S/C14H16N2O3/c15-14(18)10-7-16(11-4-2-1-3-9(10)11)12-5-6-19-8-13(12)17/h1-4,7,12-13,17H,5-6,8H2,(H2,15,18). The Kier molecular flexibility index (Phi) is 3.00. The predicted molar refractivity (Wildman–Crippen MR) is 70.9 cm³/mol. The first-order chi connectivity index (χ1) is 9.18. The number of rotatable bonds is 2. The first-order valence-electron chi connectivity index (χ1n) is 6.33. The SMILES string of the molecule is NC(=O)c1cn(C2CCOCC2O)c2ccccc12. The van der Waals surface area contributed by atoms with Crippen LogP contribution in [-0.2, 0) is 4.74 Å². The fourth-order valence-corrected chi connectivity index (χ4v) is 2.71. The maximum atomic E-state index is 11.5. The van der Waals surface area contributed by atoms with Crippen LogP contribution in [0, 0.1) is 0 Å². The van der Waals surface area contributed by atoms with Crippen LogP contribution < -0.4 is 5.73 Å². The molecule has 1 amide bonds. The van der Waals surface area contributed by atoms with Crippen LogP contribution in [0.1, 0.15) is 22.8 Å². The summed E-state index contributed by atoms with van der Waals surface area (Å²) in [4.78, 5) is 11.5. The highest BCUT2D eigenvalue weighted by atomic mass is 16.5. The molecule has 2 atom stereocenters. The van der Waals surface area contributed by atoms with Crippen molar-refractivity contribution in [3.63, 3.8) is 0 Å². The van der Waals surface area contributed by atoms with Gasteiger partial charge in [0.2, 0.25) is 0 Å². The van der Waals surface area contributed by atoms with Gasteiger partial charge in [-0.15, -0.1) is 0 Å². The van der Waals surface area contributed by atoms with Gasteiger partial charge >= 0.3 is 0 Å². The van der Waals surface area contributed by atoms with E-state index in [2.05, 4.69) is 0 Å². The van der Waals surface area contributed by atoms with Crippen LogP contribution in [0.25, 0.3) is 10.9 Å². The molecule has 0 saturated carbocycles. The quantitative estimate of drug-likeness (QED) is 0.847. The van der Waals surface area contributed by atoms with Gasteiger partial charge < -0.3 is 20.1 Å². The van der Waals surface area contributed by atoms with Gasteiger partial charge in [0.05, 0.1) is 24.3 Å². The molecule has 100 valence electrons. The second-order valence-electron chi connectivity index (χ2n) is 4.83. The summed E-state index contributed by atoms with van der Waals surface area (Å²) in [5, 5.41) is 10.9. The maximum Gasteiger partial charge on any atom is 0.250 e. The van der Waals surface area contributed by atoms with Crippen LogP contribution in [0.3, 0.4) is 0 Å². The molecule has 3 N–H and O–H groups in total. The number of aliphatic hydroxyl groups excluding tert-OH is 1. The van der Waals surface area contributed by atoms with E-state index in [-0.39, 0.29) is 6.04 Å². The molecule has 1 fully saturated rings. The van der Waals surface area contributed by atoms with Gasteiger partial charge in [-0.2, -0.15) is 0 Å². The van der Waals surface area contributed by atoms with E-state index in [1.807, 2.05) is 28.8 Å². The Bertz CT molecular complexity index is 620. The Balaban J connectivity index is 2.15. The van der Waals surface area contributed by atoms with Crippen molar-refractivity contribution < 1.29 is 14.6 Å². The number of amides is 1. The molecule has 0 radical (unpaired) electrons. The first-order valence-corrected chi connectivity index (χ1v) is 6.33. The maximum absolute atomic E-state index is 11.5. The van der Waals surface area contributed by atoms with Crippen LogP contribution >= 0.6 is 0 Å². The second kappa shape index (κ2) is 4.68. The molecule has 1 aromatic carbocycles. The summed E-state index contributed by atoms with van der Waals surface area (Å²) >= 11 is 0. The number of benzene rings is 1. The van der Waals surface area contributed by atoms with Crippen molar-refractivity contribution in [3.05, 3.63) is 36.0 Å². The number of para-hydroxylation sites is 1. The average Bonchev–Trinajstić information content (AvgIpc) is 2.79. The van der Waals surface area contributed by atoms with E-state index < -0.39 is 12.0 Å². The summed E-state index contributed by atoms with van der Waals surface area (Å²) in [5.41, 5.74) is 6.83. The van der Waals surface area contributed by atoms with Crippen LogP contribution in [0.4, 0.5) is 0 Å². The number of primary amides is 1. The highest BCUT2D eigenvalue weighted by Crippen LogP contribution is 2.29. The zero-order valence-corrected chi connectivity index (χ0v) is 10.5. The van der Waals surface area contributed by atoms with Gasteiger partial charge in [0.1, 0.15) is 0 Å². The molecule has 3 rings (SSSR count). The third-order valence-corrected chi connectivity index (χ3v) is 3.65. The lowest BCUT2D eigenvalue weighted by molar-refractivity contribution is -0.0374. The van der Waals surface area contributed by atoms with Crippen molar-refractivity contribution in [2.24, 2.45) is 5.73 Å². The van der Waals surface area contributed by atoms with E-state index in [1.165, 1.54) is 0 Å². The zero-order valence-electron chi connectivity index (χ0n) is 10.5. The molecular weight excluding hydrogens is 244 g/mol. The van der Waals surface area contributed by atoms with Gasteiger partial charge in [0, 0.05) is 23.7 Å². The van der Waals surface area contributed by atoms with Crippen molar-refractivity contribution in [3.8, 4) is 0 Å². The first kappa shape index (κ1) is 12.2. The van der Waals surface area contributed by atoms with Gasteiger partial charge in [-0.3, -0.25) is 4.79 Å². The summed E-state index contributed by atoms with van der Waals surface area (Å²) in [6.45, 7) is 0.934. The number of hydrogen-bond donors (Lipinski definition) is 2. The Hall–Kier alpha value is -1.85. The normalized spacial score (nSPS) is 23.6. The number of hydrogen-bond acceptors (Lipinski definition) is 3. The lowest BCUT2D eigenvalue weighted by Gasteiger charge is -2.29. The summed E-state index contributed by atoms with van der Waals surface area (Å²) in [6.07, 6.45) is 1.90. The second-order valence-corrected chi connectivity index (χ2v) is 4.83. The third-order valence-electron chi connectivity index (χ3n) is 3.65. The topological polar surface area (TPSA) is 77.5 Å². The molecule has 0 spiro atoms. The number of carbonyl (C=O) groups is 1. The predicted octanol–water partition coefficient (Wildman–Crippen LogP) is 1.06. The van der Waals surface area contributed by atoms with Crippen LogP contribution in [0.5, 0.6) is 0 Å². The number of nitrogens with zero attached hydrogens (tertiary/aromatic N) is 1. The highest BCUT2D eigenvalue weighted by molar-refractivity contribution is 6.06. The van der Waals surface area contributed by atoms with E-state index in [4.69, 9.17) is 10.5 Å². The number of ether oxygens (including phenoxy) is 1. The lowest BCUT2D eigenvalue weighted by atomic mass is 10.1. The Morgan fingerprint density at radius 2 is 2.21 bits per heavy atom. The van der Waals surface area contributed by atoms with Gasteiger partial charge in [0.25, 0.3) is 5.91 Å². The van der Waals surface area contributed by atoms with E-state index in [0.29, 0.717) is 18.8 Å². The van der Waals surface area contributed by atoms with E-state index >= 15 is 0 Å². The zero-order chi connectivity index (χ0) is 13.4. The molecule has 19 heavy (non-hydrogen) atoms. The smallest absolute Gasteiger partial charge is 0.250 e. The van der Waals surface area contributed by atoms with Crippen LogP contribution in [0.2, 0.25) is 0 Å². The summed E-state index contributed by atoms with van der Waals surface area (Å²) < 4.78 is 7.19. The van der Waals surface area contributed by atoms with E-state index in [9.17, 15) is 9.90 Å². The molecule has 5 heteroatoms. The van der Waals surface area contributed by atoms with Crippen molar-refractivity contribution in [1.82, 2.24) is 4.57 Å². The summed E-state index contributed by atoms with van der Waals surface area (Å²) in [7, 11) is 0. The van der Waals surface area contributed by atoms with E-state index in [0.717, 1.165) is 17.3 Å². The van der Waals surface area contributed by atoms with Crippen LogP contribution in [-0.4, -0.2) is 34.9 Å². The fourth-order valence-electron chi connectivity index (χ4n) is 2.71. The van der Waals surface area contributed by atoms with Crippen molar-refractivity contribution >= 4 is 16.8 Å². The summed E-state index contributed by atoms with van der Waals surface area (Å²) in [6, 6.07) is 7.52. The molecule has 2 aromatic rings. The Labute approximate surface area is 110 Å². The van der Waals surface area contributed by atoms with Gasteiger partial charge in [0.15, 0.2) is 0 Å². The highest BCUT2D eigenvalue weighted by Gasteiger charge is 2.27. The molecular formula is C14H16N2O3. The largest absolute Gasteiger partial charge is 0.389 e. The number of aromatic nitrogens is 1. The minimum absolute atomic E-state index is 0.0771. The van der Waals surface area contributed by atoms with Crippen molar-refractivity contribution in [1.29, 1.82) is 0 Å². The van der Waals surface area contributed by atoms with Crippen molar-refractivity contribution in [2.75, 3.05) is 13.2 Å². The van der Waals surface area contributed by atoms with Crippen LogP contribution in [0.15, 0.2) is 30.5 Å². The molecule has 1 aromatic heterocycles. The number of nitrogens with two attached hydrogens (primary N) is 1. The molecule has 0 aliphatic carbocycles. The fraction of sp³-hybridized carbons (Fsp3) is 0.357. The average molecular weight is 260 g/mol. The molecule has 2 heterocycles. The third kappa shape index (κ3) is 2.01. The van der Waals surface area contributed by atoms with Gasteiger partial charge in [-0.1, -0.05) is 18.2 Å². The molecule has 2 unspecified atom stereocenters. The number of fused-ring (bicyclic) bond motifs is 1. The minimum atomic E-state index is -0.565. The molecule has 5 nitrogen and oxygen atoms in total. The Morgan fingerprint density at radius 3 is 2.95 bits per heavy atom. The number of aliphatic hydroxyl groups is 1. The molecule has 0 bridgehead atoms. The van der Waals surface area contributed by atoms with Gasteiger partial charge in [-0.05, 0) is 12.5 Å². The lowest BCUT2D eigenvalue weighted by Crippen LogP contribution is -2.33. The molecule has 1 aliphatic rings. The Morgan fingerprint density at radius 1 is 1.42 bits per heavy atom. The van der Waals surface area contributed by atoms with Crippen molar-refractivity contribution in [2.45, 2.75) is 18.6 Å². The van der Waals surface area contributed by atoms with E-state index in [1.54, 1.807) is 6.20 Å².